The molecule has 0 aliphatic carbocycles. The zero-order valence-electron chi connectivity index (χ0n) is 14.9. The summed E-state index contributed by atoms with van der Waals surface area (Å²) in [6.07, 6.45) is 2.68. The molecule has 1 aromatic carbocycles. The van der Waals surface area contributed by atoms with Crippen molar-refractivity contribution in [2.45, 2.75) is 52.6 Å². The summed E-state index contributed by atoms with van der Waals surface area (Å²) in [4.78, 5) is 23.2. The zero-order valence-corrected chi connectivity index (χ0v) is 15.7. The highest BCUT2D eigenvalue weighted by molar-refractivity contribution is 6.32. The minimum atomic E-state index is -0.465. The van der Waals surface area contributed by atoms with Crippen LogP contribution in [0.5, 0.6) is 0 Å². The average Bonchev–Trinajstić information content (AvgIpc) is 2.60. The standard InChI is InChI=1S/C18H27ClN2O4/c1-3-5-10-24-17(22)20-12-14-8-7-9-15(16(14)19)13-21-18(23)25-11-6-4-2/h7-9H,3-6,10-13H2,1-2H3,(H,20,22)(H,21,23). The molecule has 1 rings (SSSR count). The van der Waals surface area contributed by atoms with Gasteiger partial charge in [-0.3, -0.25) is 0 Å². The highest BCUT2D eigenvalue weighted by atomic mass is 35.5. The van der Waals surface area contributed by atoms with Crippen molar-refractivity contribution in [1.29, 1.82) is 0 Å². The molecule has 2 amide bonds. The van der Waals surface area contributed by atoms with Crippen LogP contribution in [0.4, 0.5) is 9.59 Å². The van der Waals surface area contributed by atoms with Crippen LogP contribution in [0.1, 0.15) is 50.7 Å². The molecule has 140 valence electrons. The summed E-state index contributed by atoms with van der Waals surface area (Å²) >= 11 is 6.35. The van der Waals surface area contributed by atoms with Gasteiger partial charge in [0.15, 0.2) is 0 Å². The van der Waals surface area contributed by atoms with Crippen molar-refractivity contribution in [2.75, 3.05) is 13.2 Å². The lowest BCUT2D eigenvalue weighted by Gasteiger charge is -2.12. The van der Waals surface area contributed by atoms with Crippen LogP contribution in [0.2, 0.25) is 5.02 Å². The minimum Gasteiger partial charge on any atom is -0.450 e. The van der Waals surface area contributed by atoms with E-state index in [-0.39, 0.29) is 13.1 Å². The fourth-order valence-electron chi connectivity index (χ4n) is 1.96. The van der Waals surface area contributed by atoms with Crippen LogP contribution >= 0.6 is 11.6 Å². The predicted molar refractivity (Wildman–Crippen MR) is 97.6 cm³/mol. The van der Waals surface area contributed by atoms with Crippen molar-refractivity contribution < 1.29 is 19.1 Å². The van der Waals surface area contributed by atoms with E-state index in [9.17, 15) is 9.59 Å². The van der Waals surface area contributed by atoms with E-state index in [4.69, 9.17) is 21.1 Å². The Hall–Kier alpha value is -1.95. The van der Waals surface area contributed by atoms with E-state index in [0.29, 0.717) is 18.2 Å². The van der Waals surface area contributed by atoms with Gasteiger partial charge in [-0.1, -0.05) is 56.5 Å². The lowest BCUT2D eigenvalue weighted by molar-refractivity contribution is 0.143. The molecule has 0 bridgehead atoms. The number of carbonyl (C=O) groups excluding carboxylic acids is 2. The van der Waals surface area contributed by atoms with Crippen LogP contribution in [-0.2, 0) is 22.6 Å². The molecule has 2 N–H and O–H groups in total. The minimum absolute atomic E-state index is 0.262. The number of benzene rings is 1. The first-order valence-corrected chi connectivity index (χ1v) is 9.03. The van der Waals surface area contributed by atoms with E-state index in [2.05, 4.69) is 10.6 Å². The van der Waals surface area contributed by atoms with Crippen LogP contribution in [0.25, 0.3) is 0 Å². The number of alkyl carbamates (subject to hydrolysis) is 2. The molecule has 0 saturated carbocycles. The Kier molecular flexibility index (Phi) is 10.5. The normalized spacial score (nSPS) is 10.2. The molecule has 0 radical (unpaired) electrons. The van der Waals surface area contributed by atoms with Gasteiger partial charge in [-0.25, -0.2) is 9.59 Å². The van der Waals surface area contributed by atoms with Gasteiger partial charge in [-0.15, -0.1) is 0 Å². The van der Waals surface area contributed by atoms with Gasteiger partial charge in [0.1, 0.15) is 0 Å². The highest BCUT2D eigenvalue weighted by Crippen LogP contribution is 2.21. The van der Waals surface area contributed by atoms with Gasteiger partial charge in [-0.05, 0) is 24.0 Å². The van der Waals surface area contributed by atoms with Crippen molar-refractivity contribution in [3.63, 3.8) is 0 Å². The maximum absolute atomic E-state index is 11.6. The number of unbranched alkanes of at least 4 members (excludes halogenated alkanes) is 2. The monoisotopic (exact) mass is 370 g/mol. The quantitative estimate of drug-likeness (QED) is 0.599. The lowest BCUT2D eigenvalue weighted by atomic mass is 10.1. The van der Waals surface area contributed by atoms with Crippen LogP contribution in [-0.4, -0.2) is 25.4 Å². The summed E-state index contributed by atoms with van der Waals surface area (Å²) in [6, 6.07) is 5.46. The Morgan fingerprint density at radius 1 is 0.920 bits per heavy atom. The van der Waals surface area contributed by atoms with Crippen LogP contribution in [0, 0.1) is 0 Å². The van der Waals surface area contributed by atoms with E-state index in [1.54, 1.807) is 0 Å². The Balaban J connectivity index is 2.46. The summed E-state index contributed by atoms with van der Waals surface area (Å²) in [5, 5.41) is 5.84. The molecule has 0 aliphatic heterocycles. The Labute approximate surface area is 154 Å². The van der Waals surface area contributed by atoms with Crippen LogP contribution in [0.3, 0.4) is 0 Å². The van der Waals surface area contributed by atoms with E-state index >= 15 is 0 Å². The summed E-state index contributed by atoms with van der Waals surface area (Å²) in [6.45, 7) is 5.39. The average molecular weight is 371 g/mol. The van der Waals surface area contributed by atoms with Crippen LogP contribution in [0.15, 0.2) is 18.2 Å². The number of rotatable bonds is 10. The molecule has 1 aromatic rings. The van der Waals surface area contributed by atoms with E-state index < -0.39 is 12.2 Å². The third-order valence-electron chi connectivity index (χ3n) is 3.47. The third kappa shape index (κ3) is 8.63. The lowest BCUT2D eigenvalue weighted by Crippen LogP contribution is -2.25. The Morgan fingerprint density at radius 2 is 1.36 bits per heavy atom. The number of amides is 2. The Bertz CT molecular complexity index is 508. The number of hydrogen-bond donors (Lipinski definition) is 2. The fraction of sp³-hybridized carbons (Fsp3) is 0.556. The molecule has 6 nitrogen and oxygen atoms in total. The molecule has 0 heterocycles. The first-order valence-electron chi connectivity index (χ1n) is 8.66. The third-order valence-corrected chi connectivity index (χ3v) is 3.95. The van der Waals surface area contributed by atoms with Gasteiger partial charge in [0, 0.05) is 13.1 Å². The van der Waals surface area contributed by atoms with Crippen molar-refractivity contribution in [3.8, 4) is 0 Å². The molecular formula is C18H27ClN2O4. The molecule has 0 aliphatic rings. The number of ether oxygens (including phenoxy) is 2. The van der Waals surface area contributed by atoms with E-state index in [1.807, 2.05) is 32.0 Å². The molecule has 0 saturated heterocycles. The molecule has 0 unspecified atom stereocenters. The van der Waals surface area contributed by atoms with E-state index in [0.717, 1.165) is 36.8 Å². The van der Waals surface area contributed by atoms with Gasteiger partial charge < -0.3 is 20.1 Å². The summed E-state index contributed by atoms with van der Waals surface area (Å²) < 4.78 is 10.1. The smallest absolute Gasteiger partial charge is 0.407 e. The summed E-state index contributed by atoms with van der Waals surface area (Å²) in [5.74, 6) is 0. The first-order chi connectivity index (χ1) is 12.1. The fourth-order valence-corrected chi connectivity index (χ4v) is 2.22. The number of hydrogen-bond acceptors (Lipinski definition) is 4. The number of halogens is 1. The van der Waals surface area contributed by atoms with Crippen molar-refractivity contribution in [2.24, 2.45) is 0 Å². The van der Waals surface area contributed by atoms with Gasteiger partial charge in [-0.2, -0.15) is 0 Å². The van der Waals surface area contributed by atoms with Crippen LogP contribution < -0.4 is 10.6 Å². The molecule has 25 heavy (non-hydrogen) atoms. The second kappa shape index (κ2) is 12.4. The topological polar surface area (TPSA) is 76.7 Å². The Morgan fingerprint density at radius 3 is 1.76 bits per heavy atom. The van der Waals surface area contributed by atoms with E-state index in [1.165, 1.54) is 0 Å². The van der Waals surface area contributed by atoms with Crippen molar-refractivity contribution in [1.82, 2.24) is 10.6 Å². The predicted octanol–water partition coefficient (Wildman–Crippen LogP) is 4.39. The molecule has 0 atom stereocenters. The first kappa shape index (κ1) is 21.1. The number of nitrogens with one attached hydrogen (secondary N) is 2. The van der Waals surface area contributed by atoms with Gasteiger partial charge in [0.05, 0.1) is 18.2 Å². The molecule has 0 spiro atoms. The highest BCUT2D eigenvalue weighted by Gasteiger charge is 2.10. The molecular weight excluding hydrogens is 344 g/mol. The molecule has 0 aromatic heterocycles. The van der Waals surface area contributed by atoms with Gasteiger partial charge >= 0.3 is 12.2 Å². The van der Waals surface area contributed by atoms with Gasteiger partial charge in [0.2, 0.25) is 0 Å². The second-order valence-corrected chi connectivity index (χ2v) is 5.95. The molecule has 0 fully saturated rings. The second-order valence-electron chi connectivity index (χ2n) is 5.58. The maximum atomic E-state index is 11.6. The van der Waals surface area contributed by atoms with Gasteiger partial charge in [0.25, 0.3) is 0 Å². The maximum Gasteiger partial charge on any atom is 0.407 e. The van der Waals surface area contributed by atoms with Crippen molar-refractivity contribution in [3.05, 3.63) is 34.3 Å². The van der Waals surface area contributed by atoms with Crippen molar-refractivity contribution >= 4 is 23.8 Å². The molecule has 7 heteroatoms. The summed E-state index contributed by atoms with van der Waals surface area (Å²) in [7, 11) is 0. The SMILES string of the molecule is CCCCOC(=O)NCc1cccc(CNC(=O)OCCCC)c1Cl. The largest absolute Gasteiger partial charge is 0.450 e. The summed E-state index contributed by atoms with van der Waals surface area (Å²) in [5.41, 5.74) is 1.51. The number of carbonyl (C=O) groups is 2. The zero-order chi connectivity index (χ0) is 18.5.